The van der Waals surface area contributed by atoms with Gasteiger partial charge in [0.1, 0.15) is 0 Å². The third-order valence-corrected chi connectivity index (χ3v) is 1.85. The molecule has 0 fully saturated rings. The van der Waals surface area contributed by atoms with Crippen molar-refractivity contribution >= 4 is 5.71 Å². The molecule has 1 heteroatoms. The highest BCUT2D eigenvalue weighted by molar-refractivity contribution is 5.87. The summed E-state index contributed by atoms with van der Waals surface area (Å²) in [6.45, 7) is 12.6. The molecule has 0 aliphatic carbocycles. The highest BCUT2D eigenvalue weighted by atomic mass is 14.8. The molecule has 0 heterocycles. The second-order valence-electron chi connectivity index (χ2n) is 3.88. The number of aliphatic imine (C=N–C) groups is 1. The molecule has 0 aromatic carbocycles. The molecule has 0 radical (unpaired) electrons. The van der Waals surface area contributed by atoms with Crippen LogP contribution in [0.4, 0.5) is 0 Å². The number of allylic oxidation sites excluding steroid dienone is 2. The monoisotopic (exact) mass is 153 g/mol. The second kappa shape index (κ2) is 3.70. The van der Waals surface area contributed by atoms with Gasteiger partial charge in [0.25, 0.3) is 0 Å². The van der Waals surface area contributed by atoms with E-state index < -0.39 is 0 Å². The first kappa shape index (κ1) is 10.4. The van der Waals surface area contributed by atoms with E-state index in [1.807, 2.05) is 19.9 Å². The summed E-state index contributed by atoms with van der Waals surface area (Å²) in [5.74, 6) is 0. The third kappa shape index (κ3) is 3.97. The van der Waals surface area contributed by atoms with E-state index in [1.54, 1.807) is 0 Å². The van der Waals surface area contributed by atoms with Crippen molar-refractivity contribution in [1.82, 2.24) is 0 Å². The predicted octanol–water partition coefficient (Wildman–Crippen LogP) is 3.42. The lowest BCUT2D eigenvalue weighted by Crippen LogP contribution is -2.16. The average Bonchev–Trinajstić information content (AvgIpc) is 1.85. The van der Waals surface area contributed by atoms with Gasteiger partial charge in [0, 0.05) is 11.4 Å². The standard InChI is InChI=1S/C10H19N/c1-7-8(2)11-9(3)10(4,5)6/h7H,1-6H3/b8-7-,11-9+. The summed E-state index contributed by atoms with van der Waals surface area (Å²) in [6, 6.07) is 0. The summed E-state index contributed by atoms with van der Waals surface area (Å²) in [7, 11) is 0. The molecule has 0 bridgehead atoms. The van der Waals surface area contributed by atoms with Crippen molar-refractivity contribution in [2.75, 3.05) is 0 Å². The van der Waals surface area contributed by atoms with E-state index in [1.165, 1.54) is 5.71 Å². The molecule has 0 spiro atoms. The molecule has 64 valence electrons. The minimum atomic E-state index is 0.199. The molecule has 0 saturated heterocycles. The summed E-state index contributed by atoms with van der Waals surface area (Å²) < 4.78 is 0. The Balaban J connectivity index is 4.48. The van der Waals surface area contributed by atoms with Crippen molar-refractivity contribution in [2.24, 2.45) is 10.4 Å². The Kier molecular flexibility index (Phi) is 3.50. The topological polar surface area (TPSA) is 12.4 Å². The maximum absolute atomic E-state index is 4.44. The molecule has 0 amide bonds. The Bertz CT molecular complexity index is 180. The quantitative estimate of drug-likeness (QED) is 0.512. The number of rotatable bonds is 1. The van der Waals surface area contributed by atoms with Gasteiger partial charge in [-0.2, -0.15) is 0 Å². The van der Waals surface area contributed by atoms with Gasteiger partial charge in [-0.05, 0) is 26.2 Å². The van der Waals surface area contributed by atoms with E-state index in [0.717, 1.165) is 5.70 Å². The van der Waals surface area contributed by atoms with E-state index in [0.29, 0.717) is 0 Å². The first-order chi connectivity index (χ1) is 4.88. The van der Waals surface area contributed by atoms with Crippen LogP contribution in [0.5, 0.6) is 0 Å². The van der Waals surface area contributed by atoms with Crippen LogP contribution in [0, 0.1) is 5.41 Å². The Morgan fingerprint density at radius 3 is 1.91 bits per heavy atom. The minimum Gasteiger partial charge on any atom is -0.263 e. The van der Waals surface area contributed by atoms with Crippen LogP contribution in [-0.4, -0.2) is 5.71 Å². The summed E-state index contributed by atoms with van der Waals surface area (Å²) in [5, 5.41) is 0. The maximum Gasteiger partial charge on any atom is 0.0329 e. The van der Waals surface area contributed by atoms with E-state index in [2.05, 4.69) is 32.7 Å². The zero-order valence-electron chi connectivity index (χ0n) is 8.52. The van der Waals surface area contributed by atoms with E-state index in [9.17, 15) is 0 Å². The fraction of sp³-hybridized carbons (Fsp3) is 0.700. The van der Waals surface area contributed by atoms with Gasteiger partial charge >= 0.3 is 0 Å². The normalized spacial score (nSPS) is 15.5. The van der Waals surface area contributed by atoms with Gasteiger partial charge in [0.05, 0.1) is 0 Å². The molecule has 0 atom stereocenters. The van der Waals surface area contributed by atoms with Gasteiger partial charge < -0.3 is 0 Å². The van der Waals surface area contributed by atoms with Crippen LogP contribution in [0.1, 0.15) is 41.5 Å². The molecule has 0 N–H and O–H groups in total. The zero-order valence-corrected chi connectivity index (χ0v) is 8.52. The Hall–Kier alpha value is -0.590. The smallest absolute Gasteiger partial charge is 0.0329 e. The minimum absolute atomic E-state index is 0.199. The predicted molar refractivity (Wildman–Crippen MR) is 52.0 cm³/mol. The Morgan fingerprint density at radius 2 is 1.64 bits per heavy atom. The first-order valence-corrected chi connectivity index (χ1v) is 4.06. The third-order valence-electron chi connectivity index (χ3n) is 1.85. The molecular weight excluding hydrogens is 134 g/mol. The van der Waals surface area contributed by atoms with Crippen LogP contribution in [0.3, 0.4) is 0 Å². The molecule has 0 aliphatic heterocycles. The molecule has 11 heavy (non-hydrogen) atoms. The van der Waals surface area contributed by atoms with Crippen LogP contribution in [0.2, 0.25) is 0 Å². The molecule has 0 saturated carbocycles. The van der Waals surface area contributed by atoms with Crippen LogP contribution in [0.25, 0.3) is 0 Å². The van der Waals surface area contributed by atoms with Crippen LogP contribution in [0.15, 0.2) is 16.8 Å². The molecule has 0 aliphatic rings. The van der Waals surface area contributed by atoms with Crippen molar-refractivity contribution in [1.29, 1.82) is 0 Å². The van der Waals surface area contributed by atoms with Crippen LogP contribution >= 0.6 is 0 Å². The van der Waals surface area contributed by atoms with Gasteiger partial charge in [0.15, 0.2) is 0 Å². The fourth-order valence-electron chi connectivity index (χ4n) is 0.497. The van der Waals surface area contributed by atoms with Gasteiger partial charge in [-0.25, -0.2) is 0 Å². The highest BCUT2D eigenvalue weighted by Crippen LogP contribution is 2.16. The van der Waals surface area contributed by atoms with Crippen molar-refractivity contribution in [3.05, 3.63) is 11.8 Å². The number of nitrogens with zero attached hydrogens (tertiary/aromatic N) is 1. The van der Waals surface area contributed by atoms with Crippen molar-refractivity contribution in [3.8, 4) is 0 Å². The largest absolute Gasteiger partial charge is 0.263 e. The van der Waals surface area contributed by atoms with E-state index in [4.69, 9.17) is 0 Å². The molecule has 0 rings (SSSR count). The average molecular weight is 153 g/mol. The zero-order chi connectivity index (χ0) is 9.07. The second-order valence-corrected chi connectivity index (χ2v) is 3.88. The SMILES string of the molecule is C/C=C(C)\N=C(/C)C(C)(C)C. The van der Waals surface area contributed by atoms with Crippen LogP contribution < -0.4 is 0 Å². The summed E-state index contributed by atoms with van der Waals surface area (Å²) in [5.41, 5.74) is 2.48. The highest BCUT2D eigenvalue weighted by Gasteiger charge is 2.13. The number of hydrogen-bond donors (Lipinski definition) is 0. The summed E-state index contributed by atoms with van der Waals surface area (Å²) in [4.78, 5) is 4.44. The lowest BCUT2D eigenvalue weighted by Gasteiger charge is -2.17. The molecule has 0 unspecified atom stereocenters. The van der Waals surface area contributed by atoms with Gasteiger partial charge in [-0.15, -0.1) is 0 Å². The van der Waals surface area contributed by atoms with E-state index >= 15 is 0 Å². The molecule has 1 nitrogen and oxygen atoms in total. The Labute approximate surface area is 70.2 Å². The Morgan fingerprint density at radius 1 is 1.18 bits per heavy atom. The van der Waals surface area contributed by atoms with Gasteiger partial charge in [-0.1, -0.05) is 26.8 Å². The molecular formula is C10H19N. The fourth-order valence-corrected chi connectivity index (χ4v) is 0.497. The molecule has 0 aromatic heterocycles. The lowest BCUT2D eigenvalue weighted by atomic mass is 9.91. The van der Waals surface area contributed by atoms with Crippen molar-refractivity contribution < 1.29 is 0 Å². The van der Waals surface area contributed by atoms with Crippen molar-refractivity contribution in [3.63, 3.8) is 0 Å². The van der Waals surface area contributed by atoms with Gasteiger partial charge in [0.2, 0.25) is 0 Å². The summed E-state index contributed by atoms with van der Waals surface area (Å²) in [6.07, 6.45) is 2.02. The van der Waals surface area contributed by atoms with E-state index in [-0.39, 0.29) is 5.41 Å². The van der Waals surface area contributed by atoms with Crippen molar-refractivity contribution in [2.45, 2.75) is 41.5 Å². The summed E-state index contributed by atoms with van der Waals surface area (Å²) >= 11 is 0. The first-order valence-electron chi connectivity index (χ1n) is 4.06. The lowest BCUT2D eigenvalue weighted by molar-refractivity contribution is 0.587. The molecule has 0 aromatic rings. The number of hydrogen-bond acceptors (Lipinski definition) is 1. The van der Waals surface area contributed by atoms with Gasteiger partial charge in [-0.3, -0.25) is 4.99 Å². The van der Waals surface area contributed by atoms with Crippen LogP contribution in [-0.2, 0) is 0 Å². The maximum atomic E-state index is 4.44.